The van der Waals surface area contributed by atoms with Crippen LogP contribution in [0.2, 0.25) is 0 Å². The third-order valence-corrected chi connectivity index (χ3v) is 4.10. The molecule has 1 N–H and O–H groups in total. The maximum absolute atomic E-state index is 3.65. The molecule has 1 saturated heterocycles. The molecule has 0 aromatic heterocycles. The summed E-state index contributed by atoms with van der Waals surface area (Å²) >= 11 is 0. The van der Waals surface area contributed by atoms with Crippen molar-refractivity contribution >= 4 is 0 Å². The van der Waals surface area contributed by atoms with E-state index in [-0.39, 0.29) is 0 Å². The fraction of sp³-hybridized carbons (Fsp3) is 1.00. The highest BCUT2D eigenvalue weighted by atomic mass is 15.1. The highest BCUT2D eigenvalue weighted by Crippen LogP contribution is 2.18. The molecule has 1 atom stereocenters. The summed E-state index contributed by atoms with van der Waals surface area (Å²) in [6.07, 6.45) is 5.39. The standard InChI is InChI=1S/C14H30N2/c1-5-13-8-7-10-16(12-13)11-9-15-14(3,4)6-2/h13,15H,5-12H2,1-4H3. The van der Waals surface area contributed by atoms with Gasteiger partial charge in [0.2, 0.25) is 0 Å². The van der Waals surface area contributed by atoms with Crippen molar-refractivity contribution in [1.29, 1.82) is 0 Å². The topological polar surface area (TPSA) is 15.3 Å². The highest BCUT2D eigenvalue weighted by molar-refractivity contribution is 4.77. The molecule has 0 saturated carbocycles. The molecule has 16 heavy (non-hydrogen) atoms. The molecular formula is C14H30N2. The zero-order chi connectivity index (χ0) is 12.0. The van der Waals surface area contributed by atoms with E-state index < -0.39 is 0 Å². The van der Waals surface area contributed by atoms with Crippen molar-refractivity contribution in [3.63, 3.8) is 0 Å². The molecule has 2 heteroatoms. The minimum atomic E-state index is 0.306. The predicted molar refractivity (Wildman–Crippen MR) is 71.8 cm³/mol. The van der Waals surface area contributed by atoms with Crippen LogP contribution in [0.5, 0.6) is 0 Å². The van der Waals surface area contributed by atoms with E-state index in [4.69, 9.17) is 0 Å². The van der Waals surface area contributed by atoms with E-state index in [0.717, 1.165) is 12.5 Å². The van der Waals surface area contributed by atoms with E-state index in [2.05, 4.69) is 37.9 Å². The van der Waals surface area contributed by atoms with Crippen molar-refractivity contribution in [3.05, 3.63) is 0 Å². The quantitative estimate of drug-likeness (QED) is 0.749. The molecule has 0 bridgehead atoms. The second-order valence-corrected chi connectivity index (χ2v) is 5.88. The molecule has 1 fully saturated rings. The molecular weight excluding hydrogens is 196 g/mol. The fourth-order valence-corrected chi connectivity index (χ4v) is 2.37. The van der Waals surface area contributed by atoms with Crippen LogP contribution in [0.3, 0.4) is 0 Å². The Morgan fingerprint density at radius 2 is 2.06 bits per heavy atom. The fourth-order valence-electron chi connectivity index (χ4n) is 2.37. The average molecular weight is 226 g/mol. The molecule has 2 nitrogen and oxygen atoms in total. The SMILES string of the molecule is CCC1CCCN(CCNC(C)(C)CC)C1. The monoisotopic (exact) mass is 226 g/mol. The predicted octanol–water partition coefficient (Wildman–Crippen LogP) is 2.89. The molecule has 0 aromatic carbocycles. The van der Waals surface area contributed by atoms with Crippen molar-refractivity contribution < 1.29 is 0 Å². The summed E-state index contributed by atoms with van der Waals surface area (Å²) < 4.78 is 0. The van der Waals surface area contributed by atoms with E-state index >= 15 is 0 Å². The third kappa shape index (κ3) is 4.84. The van der Waals surface area contributed by atoms with Crippen LogP contribution in [-0.4, -0.2) is 36.6 Å². The lowest BCUT2D eigenvalue weighted by molar-refractivity contribution is 0.167. The van der Waals surface area contributed by atoms with Gasteiger partial charge in [0.15, 0.2) is 0 Å². The number of nitrogens with one attached hydrogen (secondary N) is 1. The van der Waals surface area contributed by atoms with Crippen LogP contribution in [0.15, 0.2) is 0 Å². The van der Waals surface area contributed by atoms with Crippen LogP contribution < -0.4 is 5.32 Å². The maximum atomic E-state index is 3.65. The number of rotatable bonds is 6. The second kappa shape index (κ2) is 6.61. The van der Waals surface area contributed by atoms with Crippen LogP contribution in [0, 0.1) is 5.92 Å². The van der Waals surface area contributed by atoms with Gasteiger partial charge in [0.25, 0.3) is 0 Å². The Morgan fingerprint density at radius 1 is 1.31 bits per heavy atom. The van der Waals surface area contributed by atoms with Crippen LogP contribution in [-0.2, 0) is 0 Å². The van der Waals surface area contributed by atoms with Crippen molar-refractivity contribution in [3.8, 4) is 0 Å². The Labute approximate surface area is 102 Å². The van der Waals surface area contributed by atoms with E-state index in [1.165, 1.54) is 45.3 Å². The molecule has 1 heterocycles. The lowest BCUT2D eigenvalue weighted by Crippen LogP contribution is -2.45. The summed E-state index contributed by atoms with van der Waals surface area (Å²) in [5.74, 6) is 0.952. The minimum absolute atomic E-state index is 0.306. The lowest BCUT2D eigenvalue weighted by atomic mass is 9.95. The summed E-state index contributed by atoms with van der Waals surface area (Å²) in [6.45, 7) is 14.1. The van der Waals surface area contributed by atoms with E-state index in [0.29, 0.717) is 5.54 Å². The van der Waals surface area contributed by atoms with Gasteiger partial charge in [-0.15, -0.1) is 0 Å². The van der Waals surface area contributed by atoms with Gasteiger partial charge in [-0.3, -0.25) is 0 Å². The first kappa shape index (κ1) is 14.0. The summed E-state index contributed by atoms with van der Waals surface area (Å²) in [7, 11) is 0. The lowest BCUT2D eigenvalue weighted by Gasteiger charge is -2.33. The number of hydrogen-bond donors (Lipinski definition) is 1. The van der Waals surface area contributed by atoms with E-state index in [9.17, 15) is 0 Å². The molecule has 1 aliphatic heterocycles. The van der Waals surface area contributed by atoms with Gasteiger partial charge in [-0.2, -0.15) is 0 Å². The van der Waals surface area contributed by atoms with Gasteiger partial charge >= 0.3 is 0 Å². The molecule has 1 rings (SSSR count). The average Bonchev–Trinajstić information content (AvgIpc) is 2.29. The van der Waals surface area contributed by atoms with Crippen LogP contribution in [0.25, 0.3) is 0 Å². The molecule has 0 amide bonds. The molecule has 0 aromatic rings. The first-order valence-corrected chi connectivity index (χ1v) is 7.04. The van der Waals surface area contributed by atoms with Crippen molar-refractivity contribution in [2.24, 2.45) is 5.92 Å². The van der Waals surface area contributed by atoms with Crippen LogP contribution >= 0.6 is 0 Å². The summed E-state index contributed by atoms with van der Waals surface area (Å²) in [5, 5.41) is 3.65. The second-order valence-electron chi connectivity index (χ2n) is 5.88. The number of likely N-dealkylation sites (tertiary alicyclic amines) is 1. The van der Waals surface area contributed by atoms with Gasteiger partial charge < -0.3 is 10.2 Å². The van der Waals surface area contributed by atoms with Gasteiger partial charge in [0, 0.05) is 25.2 Å². The Hall–Kier alpha value is -0.0800. The zero-order valence-electron chi connectivity index (χ0n) is 11.7. The van der Waals surface area contributed by atoms with Crippen LogP contribution in [0.4, 0.5) is 0 Å². The summed E-state index contributed by atoms with van der Waals surface area (Å²) in [5.41, 5.74) is 0.306. The smallest absolute Gasteiger partial charge is 0.0123 e. The first-order chi connectivity index (χ1) is 7.57. The summed E-state index contributed by atoms with van der Waals surface area (Å²) in [6, 6.07) is 0. The third-order valence-electron chi connectivity index (χ3n) is 4.10. The number of nitrogens with zero attached hydrogens (tertiary/aromatic N) is 1. The van der Waals surface area contributed by atoms with E-state index in [1.54, 1.807) is 0 Å². The Kier molecular flexibility index (Phi) is 5.77. The van der Waals surface area contributed by atoms with E-state index in [1.807, 2.05) is 0 Å². The molecule has 0 spiro atoms. The normalized spacial score (nSPS) is 23.6. The Morgan fingerprint density at radius 3 is 2.69 bits per heavy atom. The van der Waals surface area contributed by atoms with Gasteiger partial charge in [-0.25, -0.2) is 0 Å². The highest BCUT2D eigenvalue weighted by Gasteiger charge is 2.19. The molecule has 0 aliphatic carbocycles. The Bertz CT molecular complexity index is 189. The van der Waals surface area contributed by atoms with Gasteiger partial charge in [-0.1, -0.05) is 20.3 Å². The van der Waals surface area contributed by atoms with Crippen LogP contribution in [0.1, 0.15) is 53.4 Å². The summed E-state index contributed by atoms with van der Waals surface area (Å²) in [4.78, 5) is 2.64. The van der Waals surface area contributed by atoms with Crippen molar-refractivity contribution in [1.82, 2.24) is 10.2 Å². The number of hydrogen-bond acceptors (Lipinski definition) is 2. The molecule has 1 aliphatic rings. The van der Waals surface area contributed by atoms with Crippen molar-refractivity contribution in [2.45, 2.75) is 58.9 Å². The number of piperidine rings is 1. The molecule has 96 valence electrons. The molecule has 0 radical (unpaired) electrons. The van der Waals surface area contributed by atoms with Gasteiger partial charge in [0.1, 0.15) is 0 Å². The maximum Gasteiger partial charge on any atom is 0.0123 e. The van der Waals surface area contributed by atoms with Gasteiger partial charge in [-0.05, 0) is 45.6 Å². The zero-order valence-corrected chi connectivity index (χ0v) is 11.7. The largest absolute Gasteiger partial charge is 0.311 e. The Balaban J connectivity index is 2.17. The van der Waals surface area contributed by atoms with Crippen molar-refractivity contribution in [2.75, 3.05) is 26.2 Å². The first-order valence-electron chi connectivity index (χ1n) is 7.04. The molecule has 1 unspecified atom stereocenters. The van der Waals surface area contributed by atoms with Gasteiger partial charge in [0.05, 0.1) is 0 Å². The minimum Gasteiger partial charge on any atom is -0.311 e.